The van der Waals surface area contributed by atoms with Crippen LogP contribution >= 0.6 is 0 Å². The molecule has 1 unspecified atom stereocenters. The summed E-state index contributed by atoms with van der Waals surface area (Å²) in [5.74, 6) is -2.10. The van der Waals surface area contributed by atoms with Crippen molar-refractivity contribution in [2.75, 3.05) is 26.3 Å². The average molecular weight is 346 g/mol. The van der Waals surface area contributed by atoms with Crippen LogP contribution < -0.4 is 0 Å². The topological polar surface area (TPSA) is 104 Å². The maximum Gasteiger partial charge on any atom is 0.305 e. The number of imide groups is 1. The number of fused-ring (bicyclic) bond motifs is 1. The minimum atomic E-state index is -1.01. The summed E-state index contributed by atoms with van der Waals surface area (Å²) in [6, 6.07) is 6.01. The molecule has 1 N–H and O–H groups in total. The molecule has 1 saturated heterocycles. The van der Waals surface area contributed by atoms with Crippen LogP contribution in [0.5, 0.6) is 0 Å². The fourth-order valence-electron chi connectivity index (χ4n) is 3.15. The zero-order chi connectivity index (χ0) is 18.0. The van der Waals surface area contributed by atoms with E-state index >= 15 is 0 Å². The molecule has 1 fully saturated rings. The summed E-state index contributed by atoms with van der Waals surface area (Å²) < 4.78 is 5.24. The number of amides is 3. The Kier molecular flexibility index (Phi) is 4.80. The fraction of sp³-hybridized carbons (Fsp3) is 0.412. The van der Waals surface area contributed by atoms with Crippen molar-refractivity contribution in [2.24, 2.45) is 0 Å². The van der Waals surface area contributed by atoms with E-state index in [-0.39, 0.29) is 31.9 Å². The van der Waals surface area contributed by atoms with Crippen LogP contribution in [0.3, 0.4) is 0 Å². The van der Waals surface area contributed by atoms with E-state index in [1.165, 1.54) is 4.90 Å². The van der Waals surface area contributed by atoms with Gasteiger partial charge in [0.15, 0.2) is 0 Å². The van der Waals surface area contributed by atoms with E-state index < -0.39 is 23.8 Å². The summed E-state index contributed by atoms with van der Waals surface area (Å²) in [4.78, 5) is 50.5. The van der Waals surface area contributed by atoms with Gasteiger partial charge in [0.2, 0.25) is 5.91 Å². The maximum atomic E-state index is 12.5. The van der Waals surface area contributed by atoms with Gasteiger partial charge in [0.1, 0.15) is 0 Å². The minimum absolute atomic E-state index is 0.0255. The molecule has 3 rings (SSSR count). The quantitative estimate of drug-likeness (QED) is 0.773. The highest BCUT2D eigenvalue weighted by molar-refractivity contribution is 6.21. The lowest BCUT2D eigenvalue weighted by molar-refractivity contribution is -0.146. The predicted octanol–water partition coefficient (Wildman–Crippen LogP) is 0.375. The van der Waals surface area contributed by atoms with Crippen molar-refractivity contribution < 1.29 is 29.0 Å². The standard InChI is InChI=1S/C17H18N2O6/c20-14(18-7-8-25-10-11(18)9-15(21)22)5-6-19-16(23)12-3-1-2-4-13(12)17(19)24/h1-4,11H,5-10H2,(H,21,22). The molecule has 8 heteroatoms. The molecule has 0 saturated carbocycles. The van der Waals surface area contributed by atoms with Gasteiger partial charge in [-0.25, -0.2) is 0 Å². The zero-order valence-electron chi connectivity index (χ0n) is 13.5. The molecule has 0 spiro atoms. The Morgan fingerprint density at radius 2 is 1.80 bits per heavy atom. The molecular formula is C17H18N2O6. The number of carboxylic acid groups (broad SMARTS) is 1. The average Bonchev–Trinajstić information content (AvgIpc) is 2.84. The van der Waals surface area contributed by atoms with Crippen LogP contribution in [0.25, 0.3) is 0 Å². The van der Waals surface area contributed by atoms with Crippen molar-refractivity contribution >= 4 is 23.7 Å². The van der Waals surface area contributed by atoms with Crippen LogP contribution in [0.2, 0.25) is 0 Å². The summed E-state index contributed by atoms with van der Waals surface area (Å²) in [6.07, 6.45) is -0.236. The molecule has 3 amide bonds. The molecule has 2 aliphatic heterocycles. The zero-order valence-corrected chi connectivity index (χ0v) is 13.5. The molecule has 0 aliphatic carbocycles. The van der Waals surface area contributed by atoms with Crippen molar-refractivity contribution in [1.82, 2.24) is 9.80 Å². The first-order valence-corrected chi connectivity index (χ1v) is 8.03. The van der Waals surface area contributed by atoms with Crippen LogP contribution in [0.15, 0.2) is 24.3 Å². The van der Waals surface area contributed by atoms with E-state index in [9.17, 15) is 19.2 Å². The molecule has 132 valence electrons. The highest BCUT2D eigenvalue weighted by Crippen LogP contribution is 2.23. The molecule has 0 radical (unpaired) electrons. The van der Waals surface area contributed by atoms with Crippen molar-refractivity contribution in [3.8, 4) is 0 Å². The van der Waals surface area contributed by atoms with Crippen molar-refractivity contribution in [1.29, 1.82) is 0 Å². The Morgan fingerprint density at radius 1 is 1.16 bits per heavy atom. The van der Waals surface area contributed by atoms with Crippen molar-refractivity contribution in [3.63, 3.8) is 0 Å². The van der Waals surface area contributed by atoms with Crippen LogP contribution in [0.4, 0.5) is 0 Å². The molecule has 2 aliphatic rings. The molecule has 25 heavy (non-hydrogen) atoms. The first-order valence-electron chi connectivity index (χ1n) is 8.03. The summed E-state index contributed by atoms with van der Waals surface area (Å²) >= 11 is 0. The van der Waals surface area contributed by atoms with Crippen LogP contribution in [-0.4, -0.2) is 70.9 Å². The van der Waals surface area contributed by atoms with Crippen molar-refractivity contribution in [2.45, 2.75) is 18.9 Å². The molecule has 0 bridgehead atoms. The molecule has 2 heterocycles. The van der Waals surface area contributed by atoms with E-state index in [1.54, 1.807) is 24.3 Å². The lowest BCUT2D eigenvalue weighted by atomic mass is 10.1. The Balaban J connectivity index is 1.63. The maximum absolute atomic E-state index is 12.5. The summed E-state index contributed by atoms with van der Waals surface area (Å²) in [5.41, 5.74) is 0.685. The number of carbonyl (C=O) groups is 4. The third kappa shape index (κ3) is 3.39. The first-order chi connectivity index (χ1) is 12.0. The fourth-order valence-corrected chi connectivity index (χ4v) is 3.15. The Morgan fingerprint density at radius 3 is 2.40 bits per heavy atom. The number of rotatable bonds is 5. The van der Waals surface area contributed by atoms with Crippen molar-refractivity contribution in [3.05, 3.63) is 35.4 Å². The lowest BCUT2D eigenvalue weighted by Gasteiger charge is -2.35. The third-order valence-corrected chi connectivity index (χ3v) is 4.39. The number of hydrogen-bond donors (Lipinski definition) is 1. The summed E-state index contributed by atoms with van der Waals surface area (Å²) in [6.45, 7) is 0.793. The van der Waals surface area contributed by atoms with E-state index in [0.717, 1.165) is 4.90 Å². The van der Waals surface area contributed by atoms with Crippen LogP contribution in [0.1, 0.15) is 33.6 Å². The second kappa shape index (κ2) is 7.02. The lowest BCUT2D eigenvalue weighted by Crippen LogP contribution is -2.50. The van der Waals surface area contributed by atoms with Gasteiger partial charge >= 0.3 is 5.97 Å². The molecule has 1 atom stereocenters. The summed E-state index contributed by atoms with van der Waals surface area (Å²) in [5, 5.41) is 8.95. The number of benzene rings is 1. The predicted molar refractivity (Wildman–Crippen MR) is 85.0 cm³/mol. The first kappa shape index (κ1) is 17.1. The molecule has 8 nitrogen and oxygen atoms in total. The molecule has 0 aromatic heterocycles. The Hall–Kier alpha value is -2.74. The van der Waals surface area contributed by atoms with Gasteiger partial charge < -0.3 is 14.7 Å². The van der Waals surface area contributed by atoms with Crippen LogP contribution in [0, 0.1) is 0 Å². The van der Waals surface area contributed by atoms with Gasteiger partial charge in [0.05, 0.1) is 36.8 Å². The largest absolute Gasteiger partial charge is 0.481 e. The van der Waals surface area contributed by atoms with Gasteiger partial charge in [0, 0.05) is 19.5 Å². The van der Waals surface area contributed by atoms with Gasteiger partial charge in [0.25, 0.3) is 11.8 Å². The SMILES string of the molecule is O=C(O)CC1COCCN1C(=O)CCN1C(=O)c2ccccc2C1=O. The van der Waals surface area contributed by atoms with Gasteiger partial charge in [-0.2, -0.15) is 0 Å². The van der Waals surface area contributed by atoms with E-state index in [4.69, 9.17) is 9.84 Å². The van der Waals surface area contributed by atoms with E-state index in [1.807, 2.05) is 0 Å². The number of morpholine rings is 1. The number of carbonyl (C=O) groups excluding carboxylic acids is 3. The van der Waals surface area contributed by atoms with Gasteiger partial charge in [-0.3, -0.25) is 24.1 Å². The van der Waals surface area contributed by atoms with Gasteiger partial charge in [-0.1, -0.05) is 12.1 Å². The van der Waals surface area contributed by atoms with Gasteiger partial charge in [-0.05, 0) is 12.1 Å². The number of carboxylic acids is 1. The molecule has 1 aromatic rings. The highest BCUT2D eigenvalue weighted by atomic mass is 16.5. The Bertz CT molecular complexity index is 697. The second-order valence-electron chi connectivity index (χ2n) is 5.97. The number of hydrogen-bond acceptors (Lipinski definition) is 5. The molecular weight excluding hydrogens is 328 g/mol. The van der Waals surface area contributed by atoms with E-state index in [2.05, 4.69) is 0 Å². The normalized spacial score (nSPS) is 19.9. The second-order valence-corrected chi connectivity index (χ2v) is 5.97. The summed E-state index contributed by atoms with van der Waals surface area (Å²) in [7, 11) is 0. The Labute approximate surface area is 144 Å². The number of ether oxygens (including phenoxy) is 1. The smallest absolute Gasteiger partial charge is 0.305 e. The number of nitrogens with zero attached hydrogens (tertiary/aromatic N) is 2. The minimum Gasteiger partial charge on any atom is -0.481 e. The van der Waals surface area contributed by atoms with E-state index in [0.29, 0.717) is 24.3 Å². The van der Waals surface area contributed by atoms with Crippen LogP contribution in [-0.2, 0) is 14.3 Å². The highest BCUT2D eigenvalue weighted by Gasteiger charge is 2.36. The third-order valence-electron chi connectivity index (χ3n) is 4.39. The monoisotopic (exact) mass is 346 g/mol. The van der Waals surface area contributed by atoms with Gasteiger partial charge in [-0.15, -0.1) is 0 Å². The molecule has 1 aromatic carbocycles. The number of aliphatic carboxylic acids is 1.